The fourth-order valence-corrected chi connectivity index (χ4v) is 1.33. The van der Waals surface area contributed by atoms with Crippen molar-refractivity contribution in [2.24, 2.45) is 0 Å². The van der Waals surface area contributed by atoms with E-state index in [0.717, 1.165) is 0 Å². The van der Waals surface area contributed by atoms with E-state index in [1.165, 1.54) is 0 Å². The molecule has 0 saturated carbocycles. The first-order chi connectivity index (χ1) is 8.29. The van der Waals surface area contributed by atoms with E-state index in [2.05, 4.69) is 20.3 Å². The second-order valence-electron chi connectivity index (χ2n) is 3.25. The number of fused-ring (bicyclic) bond motifs is 1. The number of nitrogens with zero attached hydrogens (tertiary/aromatic N) is 3. The van der Waals surface area contributed by atoms with Crippen molar-refractivity contribution >= 4 is 23.0 Å². The quantitative estimate of drug-likeness (QED) is 0.792. The van der Waals surface area contributed by atoms with Gasteiger partial charge in [0.25, 0.3) is 0 Å². The number of rotatable bonds is 4. The van der Waals surface area contributed by atoms with Crippen LogP contribution in [0.25, 0.3) is 11.2 Å². The fourth-order valence-electron chi connectivity index (χ4n) is 1.33. The number of hydrogen-bond donors (Lipinski definition) is 1. The molecular weight excluding hydrogens is 220 g/mol. The Morgan fingerprint density at radius 2 is 2.18 bits per heavy atom. The summed E-state index contributed by atoms with van der Waals surface area (Å²) in [5, 5.41) is 2.87. The third-order valence-corrected chi connectivity index (χ3v) is 2.05. The highest BCUT2D eigenvalue weighted by molar-refractivity contribution is 5.76. The molecule has 2 rings (SSSR count). The van der Waals surface area contributed by atoms with Gasteiger partial charge in [0, 0.05) is 12.4 Å². The van der Waals surface area contributed by atoms with Gasteiger partial charge in [-0.25, -0.2) is 9.97 Å². The van der Waals surface area contributed by atoms with Crippen LogP contribution in [0.3, 0.4) is 0 Å². The zero-order valence-corrected chi connectivity index (χ0v) is 9.38. The van der Waals surface area contributed by atoms with Gasteiger partial charge in [-0.15, -0.1) is 0 Å². The molecule has 2 heterocycles. The summed E-state index contributed by atoms with van der Waals surface area (Å²) in [6.45, 7) is 2.23. The largest absolute Gasteiger partial charge is 0.465 e. The van der Waals surface area contributed by atoms with Crippen LogP contribution in [-0.2, 0) is 9.53 Å². The van der Waals surface area contributed by atoms with Crippen molar-refractivity contribution in [3.63, 3.8) is 0 Å². The predicted octanol–water partition coefficient (Wildman–Crippen LogP) is 1.000. The number of carbonyl (C=O) groups is 1. The molecule has 0 unspecified atom stereocenters. The van der Waals surface area contributed by atoms with Crippen molar-refractivity contribution in [2.45, 2.75) is 6.92 Å². The summed E-state index contributed by atoms with van der Waals surface area (Å²) in [4.78, 5) is 23.5. The molecule has 6 heteroatoms. The highest BCUT2D eigenvalue weighted by Crippen LogP contribution is 2.09. The molecule has 88 valence electrons. The molecule has 0 aliphatic rings. The summed E-state index contributed by atoms with van der Waals surface area (Å²) < 4.78 is 4.79. The minimum absolute atomic E-state index is 0.0899. The van der Waals surface area contributed by atoms with Gasteiger partial charge in [0.05, 0.1) is 6.61 Å². The van der Waals surface area contributed by atoms with E-state index in [-0.39, 0.29) is 12.5 Å². The van der Waals surface area contributed by atoms with Crippen molar-refractivity contribution in [3.05, 3.63) is 24.5 Å². The van der Waals surface area contributed by atoms with Crippen LogP contribution in [0.1, 0.15) is 6.92 Å². The number of aromatic nitrogens is 3. The summed E-state index contributed by atoms with van der Waals surface area (Å²) >= 11 is 0. The van der Waals surface area contributed by atoms with Crippen LogP contribution in [0.5, 0.6) is 0 Å². The van der Waals surface area contributed by atoms with Gasteiger partial charge in [-0.1, -0.05) is 0 Å². The molecule has 0 amide bonds. The molecule has 0 atom stereocenters. The Bertz CT molecular complexity index is 530. The van der Waals surface area contributed by atoms with Crippen LogP contribution in [0.15, 0.2) is 24.5 Å². The van der Waals surface area contributed by atoms with E-state index >= 15 is 0 Å². The molecule has 0 aliphatic heterocycles. The standard InChI is InChI=1S/C11H12N4O2/c1-2-17-10(16)7-14-9-4-3-8-11(15-9)13-6-5-12-8/h3-6H,2,7H2,1H3,(H,13,14,15). The first-order valence-corrected chi connectivity index (χ1v) is 5.27. The van der Waals surface area contributed by atoms with Crippen LogP contribution in [0, 0.1) is 0 Å². The average molecular weight is 232 g/mol. The molecule has 0 aliphatic carbocycles. The van der Waals surface area contributed by atoms with Crippen molar-refractivity contribution < 1.29 is 9.53 Å². The SMILES string of the molecule is CCOC(=O)CNc1ccc2nccnc2n1. The second kappa shape index (κ2) is 5.20. The molecule has 1 N–H and O–H groups in total. The lowest BCUT2D eigenvalue weighted by atomic mass is 10.4. The predicted molar refractivity (Wildman–Crippen MR) is 62.5 cm³/mol. The van der Waals surface area contributed by atoms with Crippen LogP contribution < -0.4 is 5.32 Å². The van der Waals surface area contributed by atoms with E-state index < -0.39 is 0 Å². The van der Waals surface area contributed by atoms with E-state index in [0.29, 0.717) is 23.6 Å². The third kappa shape index (κ3) is 2.87. The van der Waals surface area contributed by atoms with Crippen LogP contribution in [-0.4, -0.2) is 34.1 Å². The Kier molecular flexibility index (Phi) is 3.44. The Balaban J connectivity index is 2.06. The first kappa shape index (κ1) is 11.3. The zero-order chi connectivity index (χ0) is 12.1. The maximum absolute atomic E-state index is 11.1. The van der Waals surface area contributed by atoms with Crippen molar-refractivity contribution in [1.82, 2.24) is 15.0 Å². The van der Waals surface area contributed by atoms with Crippen LogP contribution in [0.2, 0.25) is 0 Å². The van der Waals surface area contributed by atoms with E-state index in [9.17, 15) is 4.79 Å². The molecule has 6 nitrogen and oxygen atoms in total. The molecule has 0 spiro atoms. The number of carbonyl (C=O) groups excluding carboxylic acids is 1. The first-order valence-electron chi connectivity index (χ1n) is 5.27. The van der Waals surface area contributed by atoms with Gasteiger partial charge < -0.3 is 10.1 Å². The number of hydrogen-bond acceptors (Lipinski definition) is 6. The Morgan fingerprint density at radius 1 is 1.35 bits per heavy atom. The van der Waals surface area contributed by atoms with Gasteiger partial charge >= 0.3 is 5.97 Å². The second-order valence-corrected chi connectivity index (χ2v) is 3.25. The summed E-state index contributed by atoms with van der Waals surface area (Å²) in [5.74, 6) is 0.264. The number of esters is 1. The highest BCUT2D eigenvalue weighted by atomic mass is 16.5. The summed E-state index contributed by atoms with van der Waals surface area (Å²) in [6.07, 6.45) is 3.18. The number of nitrogens with one attached hydrogen (secondary N) is 1. The average Bonchev–Trinajstić information content (AvgIpc) is 2.36. The fraction of sp³-hybridized carbons (Fsp3) is 0.273. The summed E-state index contributed by atoms with van der Waals surface area (Å²) in [6, 6.07) is 3.54. The highest BCUT2D eigenvalue weighted by Gasteiger charge is 2.03. The molecule has 2 aromatic rings. The molecule has 17 heavy (non-hydrogen) atoms. The van der Waals surface area contributed by atoms with Crippen LogP contribution >= 0.6 is 0 Å². The monoisotopic (exact) mass is 232 g/mol. The minimum atomic E-state index is -0.312. The number of ether oxygens (including phenoxy) is 1. The van der Waals surface area contributed by atoms with Crippen LogP contribution in [0.4, 0.5) is 5.82 Å². The molecule has 0 saturated heterocycles. The van der Waals surface area contributed by atoms with Gasteiger partial charge in [-0.05, 0) is 19.1 Å². The lowest BCUT2D eigenvalue weighted by molar-refractivity contribution is -0.140. The maximum Gasteiger partial charge on any atom is 0.325 e. The molecule has 0 aromatic carbocycles. The number of pyridine rings is 1. The van der Waals surface area contributed by atoms with E-state index in [4.69, 9.17) is 4.74 Å². The van der Waals surface area contributed by atoms with Crippen molar-refractivity contribution in [3.8, 4) is 0 Å². The molecule has 2 aromatic heterocycles. The van der Waals surface area contributed by atoms with Gasteiger partial charge in [0.1, 0.15) is 17.9 Å². The summed E-state index contributed by atoms with van der Waals surface area (Å²) in [5.41, 5.74) is 1.26. The summed E-state index contributed by atoms with van der Waals surface area (Å²) in [7, 11) is 0. The lowest BCUT2D eigenvalue weighted by Gasteiger charge is -2.05. The van der Waals surface area contributed by atoms with Crippen molar-refractivity contribution in [1.29, 1.82) is 0 Å². The zero-order valence-electron chi connectivity index (χ0n) is 9.38. The van der Waals surface area contributed by atoms with Gasteiger partial charge in [-0.2, -0.15) is 0 Å². The smallest absolute Gasteiger partial charge is 0.325 e. The molecular formula is C11H12N4O2. The number of anilines is 1. The third-order valence-electron chi connectivity index (χ3n) is 2.05. The Hall–Kier alpha value is -2.24. The van der Waals surface area contributed by atoms with Gasteiger partial charge in [0.15, 0.2) is 5.65 Å². The van der Waals surface area contributed by atoms with E-state index in [1.54, 1.807) is 31.5 Å². The van der Waals surface area contributed by atoms with Gasteiger partial charge in [0.2, 0.25) is 0 Å². The van der Waals surface area contributed by atoms with Gasteiger partial charge in [-0.3, -0.25) is 9.78 Å². The Morgan fingerprint density at radius 3 is 3.00 bits per heavy atom. The Labute approximate surface area is 98.1 Å². The lowest BCUT2D eigenvalue weighted by Crippen LogP contribution is -2.17. The molecule has 0 radical (unpaired) electrons. The maximum atomic E-state index is 11.1. The molecule has 0 fully saturated rings. The van der Waals surface area contributed by atoms with Crippen molar-refractivity contribution in [2.75, 3.05) is 18.5 Å². The normalized spacial score (nSPS) is 10.2. The van der Waals surface area contributed by atoms with E-state index in [1.807, 2.05) is 0 Å². The molecule has 0 bridgehead atoms. The minimum Gasteiger partial charge on any atom is -0.465 e. The topological polar surface area (TPSA) is 77.0 Å².